The minimum absolute atomic E-state index is 0.0577. The third-order valence-electron chi connectivity index (χ3n) is 4.52. The van der Waals surface area contributed by atoms with Crippen molar-refractivity contribution >= 4 is 17.5 Å². The highest BCUT2D eigenvalue weighted by Gasteiger charge is 2.39. The summed E-state index contributed by atoms with van der Waals surface area (Å²) >= 11 is 5.90. The molecule has 0 aliphatic carbocycles. The quantitative estimate of drug-likeness (QED) is 0.770. The van der Waals surface area contributed by atoms with Crippen molar-refractivity contribution in [1.82, 2.24) is 9.88 Å². The second-order valence-corrected chi connectivity index (χ2v) is 8.67. The predicted molar refractivity (Wildman–Crippen MR) is 106 cm³/mol. The zero-order chi connectivity index (χ0) is 20.7. The molecule has 6 nitrogen and oxygen atoms in total. The van der Waals surface area contributed by atoms with Gasteiger partial charge in [0.2, 0.25) is 0 Å². The molecule has 7 heteroatoms. The van der Waals surface area contributed by atoms with Crippen LogP contribution in [0.4, 0.5) is 0 Å². The number of amides is 1. The van der Waals surface area contributed by atoms with Gasteiger partial charge in [0.15, 0.2) is 6.23 Å². The molecule has 0 saturated carbocycles. The van der Waals surface area contributed by atoms with E-state index in [1.807, 2.05) is 0 Å². The number of nitrogens with zero attached hydrogens (tertiary/aromatic N) is 2. The first-order valence-corrected chi connectivity index (χ1v) is 9.46. The van der Waals surface area contributed by atoms with Crippen LogP contribution in [0.15, 0.2) is 36.5 Å². The van der Waals surface area contributed by atoms with Crippen molar-refractivity contribution in [3.8, 4) is 0 Å². The normalized spacial score (nSPS) is 17.2. The van der Waals surface area contributed by atoms with Gasteiger partial charge in [-0.15, -0.1) is 0 Å². The predicted octanol–water partition coefficient (Wildman–Crippen LogP) is 3.40. The monoisotopic (exact) mass is 404 g/mol. The molecule has 0 fully saturated rings. The molecule has 1 aromatic carbocycles. The van der Waals surface area contributed by atoms with Crippen LogP contribution in [0.1, 0.15) is 61.1 Å². The number of hydrogen-bond acceptors (Lipinski definition) is 5. The second-order valence-electron chi connectivity index (χ2n) is 8.24. The van der Waals surface area contributed by atoms with Crippen LogP contribution in [0.3, 0.4) is 0 Å². The summed E-state index contributed by atoms with van der Waals surface area (Å²) < 4.78 is 5.94. The summed E-state index contributed by atoms with van der Waals surface area (Å²) in [6.45, 7) is 6.93. The number of fused-ring (bicyclic) bond motifs is 1. The fourth-order valence-corrected chi connectivity index (χ4v) is 3.17. The van der Waals surface area contributed by atoms with Crippen LogP contribution in [-0.4, -0.2) is 38.2 Å². The molecule has 2 aromatic rings. The standard InChI is InChI=1S/C21H25ClN2O4/c1-20(2,26)12-28-19-16-8-5-13(21(3,4)27)9-17(16)18(25)24(19)11-15-7-6-14(22)10-23-15/h5-10,19,26-27H,11-12H2,1-4H3/t19-/m1/s1. The van der Waals surface area contributed by atoms with E-state index in [2.05, 4.69) is 4.98 Å². The number of hydrogen-bond donors (Lipinski definition) is 2. The first-order valence-electron chi connectivity index (χ1n) is 9.08. The molecule has 0 radical (unpaired) electrons. The van der Waals surface area contributed by atoms with Crippen molar-refractivity contribution < 1.29 is 19.7 Å². The highest BCUT2D eigenvalue weighted by Crippen LogP contribution is 2.38. The molecule has 0 bridgehead atoms. The maximum Gasteiger partial charge on any atom is 0.256 e. The van der Waals surface area contributed by atoms with E-state index in [-0.39, 0.29) is 19.1 Å². The molecule has 2 heterocycles. The molecular weight excluding hydrogens is 380 g/mol. The van der Waals surface area contributed by atoms with Crippen LogP contribution in [0, 0.1) is 0 Å². The average Bonchev–Trinajstić information content (AvgIpc) is 2.85. The largest absolute Gasteiger partial charge is 0.388 e. The van der Waals surface area contributed by atoms with Gasteiger partial charge >= 0.3 is 0 Å². The Morgan fingerprint density at radius 2 is 1.89 bits per heavy atom. The number of rotatable bonds is 6. The number of aromatic nitrogens is 1. The minimum atomic E-state index is -1.07. The Kier molecular flexibility index (Phi) is 5.51. The number of pyridine rings is 1. The third-order valence-corrected chi connectivity index (χ3v) is 4.74. The van der Waals surface area contributed by atoms with Crippen LogP contribution in [0.5, 0.6) is 0 Å². The maximum atomic E-state index is 13.1. The highest BCUT2D eigenvalue weighted by molar-refractivity contribution is 6.30. The van der Waals surface area contributed by atoms with E-state index in [0.29, 0.717) is 27.4 Å². The number of halogens is 1. The third kappa shape index (κ3) is 4.52. The molecule has 0 unspecified atom stereocenters. The molecule has 28 heavy (non-hydrogen) atoms. The zero-order valence-electron chi connectivity index (χ0n) is 16.4. The summed E-state index contributed by atoms with van der Waals surface area (Å²) in [5, 5.41) is 20.9. The number of carbonyl (C=O) groups is 1. The first-order chi connectivity index (χ1) is 13.0. The van der Waals surface area contributed by atoms with Gasteiger partial charge in [-0.2, -0.15) is 0 Å². The number of ether oxygens (including phenoxy) is 1. The summed E-state index contributed by atoms with van der Waals surface area (Å²) in [4.78, 5) is 19.0. The van der Waals surface area contributed by atoms with Gasteiger partial charge in [-0.25, -0.2) is 0 Å². The Balaban J connectivity index is 1.96. The smallest absolute Gasteiger partial charge is 0.256 e. The van der Waals surface area contributed by atoms with Crippen molar-refractivity contribution in [3.63, 3.8) is 0 Å². The van der Waals surface area contributed by atoms with E-state index in [1.165, 1.54) is 6.20 Å². The molecule has 1 atom stereocenters. The Labute approximate surface area is 169 Å². The van der Waals surface area contributed by atoms with E-state index in [0.717, 1.165) is 0 Å². The molecular formula is C21H25ClN2O4. The molecule has 1 aliphatic rings. The number of carbonyl (C=O) groups excluding carboxylic acids is 1. The summed E-state index contributed by atoms with van der Waals surface area (Å²) in [6, 6.07) is 8.76. The van der Waals surface area contributed by atoms with Gasteiger partial charge in [-0.05, 0) is 51.5 Å². The SMILES string of the molecule is CC(C)(O)CO[C@@H]1c2ccc(C(C)(C)O)cc2C(=O)N1Cc1ccc(Cl)cn1. The van der Waals surface area contributed by atoms with E-state index in [1.54, 1.807) is 62.9 Å². The lowest BCUT2D eigenvalue weighted by Crippen LogP contribution is -2.34. The Bertz CT molecular complexity index is 869. The fourth-order valence-electron chi connectivity index (χ4n) is 3.06. The summed E-state index contributed by atoms with van der Waals surface area (Å²) in [6.07, 6.45) is 0.881. The molecule has 0 spiro atoms. The van der Waals surface area contributed by atoms with Gasteiger partial charge in [0.05, 0.1) is 35.1 Å². The van der Waals surface area contributed by atoms with Crippen LogP contribution in [0.2, 0.25) is 5.02 Å². The molecule has 1 aliphatic heterocycles. The minimum Gasteiger partial charge on any atom is -0.388 e. The van der Waals surface area contributed by atoms with Gasteiger partial charge in [0, 0.05) is 17.3 Å². The topological polar surface area (TPSA) is 82.9 Å². The summed E-state index contributed by atoms with van der Waals surface area (Å²) in [7, 11) is 0. The van der Waals surface area contributed by atoms with Crippen LogP contribution >= 0.6 is 11.6 Å². The van der Waals surface area contributed by atoms with E-state index in [9.17, 15) is 15.0 Å². The molecule has 1 amide bonds. The average molecular weight is 405 g/mol. The van der Waals surface area contributed by atoms with Gasteiger partial charge in [-0.1, -0.05) is 23.7 Å². The van der Waals surface area contributed by atoms with Crippen LogP contribution < -0.4 is 0 Å². The van der Waals surface area contributed by atoms with E-state index < -0.39 is 17.4 Å². The van der Waals surface area contributed by atoms with Crippen molar-refractivity contribution in [3.05, 3.63) is 63.9 Å². The van der Waals surface area contributed by atoms with Gasteiger partial charge in [0.1, 0.15) is 0 Å². The Morgan fingerprint density at radius 3 is 2.46 bits per heavy atom. The van der Waals surface area contributed by atoms with Gasteiger partial charge in [-0.3, -0.25) is 9.78 Å². The summed E-state index contributed by atoms with van der Waals surface area (Å²) in [5.74, 6) is -0.210. The van der Waals surface area contributed by atoms with E-state index >= 15 is 0 Å². The lowest BCUT2D eigenvalue weighted by molar-refractivity contribution is -0.0989. The van der Waals surface area contributed by atoms with E-state index in [4.69, 9.17) is 16.3 Å². The molecule has 3 rings (SSSR count). The van der Waals surface area contributed by atoms with Crippen molar-refractivity contribution in [2.45, 2.75) is 51.7 Å². The lowest BCUT2D eigenvalue weighted by Gasteiger charge is -2.28. The van der Waals surface area contributed by atoms with Gasteiger partial charge in [0.25, 0.3) is 5.91 Å². The molecule has 150 valence electrons. The summed E-state index contributed by atoms with van der Waals surface area (Å²) in [5.41, 5.74) is 0.399. The highest BCUT2D eigenvalue weighted by atomic mass is 35.5. The molecule has 0 saturated heterocycles. The Morgan fingerprint density at radius 1 is 1.18 bits per heavy atom. The number of aliphatic hydroxyl groups is 2. The van der Waals surface area contributed by atoms with Crippen molar-refractivity contribution in [2.24, 2.45) is 0 Å². The number of benzene rings is 1. The van der Waals surface area contributed by atoms with Crippen LogP contribution in [-0.2, 0) is 16.9 Å². The van der Waals surface area contributed by atoms with Crippen molar-refractivity contribution in [1.29, 1.82) is 0 Å². The van der Waals surface area contributed by atoms with Crippen molar-refractivity contribution in [2.75, 3.05) is 6.61 Å². The zero-order valence-corrected chi connectivity index (χ0v) is 17.2. The lowest BCUT2D eigenvalue weighted by atomic mass is 9.94. The van der Waals surface area contributed by atoms with Gasteiger partial charge < -0.3 is 19.8 Å². The van der Waals surface area contributed by atoms with Crippen LogP contribution in [0.25, 0.3) is 0 Å². The second kappa shape index (κ2) is 7.44. The molecule has 2 N–H and O–H groups in total. The Hall–Kier alpha value is -1.99. The fraction of sp³-hybridized carbons (Fsp3) is 0.429. The first kappa shape index (κ1) is 20.7. The maximum absolute atomic E-state index is 13.1. The molecule has 1 aromatic heterocycles.